The second-order valence-electron chi connectivity index (χ2n) is 8.86. The minimum Gasteiger partial charge on any atom is -0.340 e. The summed E-state index contributed by atoms with van der Waals surface area (Å²) < 4.78 is 0. The summed E-state index contributed by atoms with van der Waals surface area (Å²) in [6.07, 6.45) is 13.0. The van der Waals surface area contributed by atoms with Gasteiger partial charge in [-0.15, -0.1) is 11.3 Å². The molecular weight excluding hydrogens is 456 g/mol. The largest absolute Gasteiger partial charge is 0.340 e. The third-order valence-electron chi connectivity index (χ3n) is 6.53. The Morgan fingerprint density at radius 2 is 1.71 bits per heavy atom. The molecule has 4 heterocycles. The lowest BCUT2D eigenvalue weighted by atomic mass is 9.90. The molecule has 4 aromatic heterocycles. The van der Waals surface area contributed by atoms with E-state index >= 15 is 0 Å². The van der Waals surface area contributed by atoms with Gasteiger partial charge in [-0.1, -0.05) is 31.4 Å². The van der Waals surface area contributed by atoms with E-state index in [-0.39, 0.29) is 5.56 Å². The van der Waals surface area contributed by atoms with E-state index in [0.29, 0.717) is 22.8 Å². The van der Waals surface area contributed by atoms with Crippen LogP contribution in [0.3, 0.4) is 0 Å². The number of hydrogen-bond acceptors (Lipinski definition) is 7. The second-order valence-corrected chi connectivity index (χ2v) is 9.75. The van der Waals surface area contributed by atoms with Crippen molar-refractivity contribution in [1.29, 1.82) is 0 Å². The number of hydrogen-bond donors (Lipinski definition) is 2. The van der Waals surface area contributed by atoms with E-state index in [2.05, 4.69) is 37.8 Å². The minimum absolute atomic E-state index is 0.192. The number of benzene rings is 1. The summed E-state index contributed by atoms with van der Waals surface area (Å²) in [6.45, 7) is 0. The highest BCUT2D eigenvalue weighted by atomic mass is 32.1. The van der Waals surface area contributed by atoms with Crippen LogP contribution in [0.25, 0.3) is 33.3 Å². The van der Waals surface area contributed by atoms with E-state index < -0.39 is 0 Å². The number of aromatic amines is 1. The molecule has 1 aromatic carbocycles. The number of rotatable bonds is 5. The average Bonchev–Trinajstić information content (AvgIpc) is 3.41. The quantitative estimate of drug-likeness (QED) is 0.307. The lowest BCUT2D eigenvalue weighted by molar-refractivity contribution is 0.442. The van der Waals surface area contributed by atoms with E-state index in [1.807, 2.05) is 24.3 Å². The minimum atomic E-state index is -0.192. The number of thiazole rings is 1. The third-order valence-corrected chi connectivity index (χ3v) is 7.54. The van der Waals surface area contributed by atoms with Crippen molar-refractivity contribution in [1.82, 2.24) is 24.9 Å². The van der Waals surface area contributed by atoms with Gasteiger partial charge in [0.2, 0.25) is 0 Å². The summed E-state index contributed by atoms with van der Waals surface area (Å²) in [7, 11) is 0. The van der Waals surface area contributed by atoms with Crippen molar-refractivity contribution < 1.29 is 0 Å². The molecule has 35 heavy (non-hydrogen) atoms. The van der Waals surface area contributed by atoms with Gasteiger partial charge in [0.05, 0.1) is 21.8 Å². The van der Waals surface area contributed by atoms with Crippen molar-refractivity contribution in [2.45, 2.75) is 38.0 Å². The highest BCUT2D eigenvalue weighted by Crippen LogP contribution is 2.36. The van der Waals surface area contributed by atoms with Crippen molar-refractivity contribution in [3.8, 4) is 22.5 Å². The van der Waals surface area contributed by atoms with E-state index in [9.17, 15) is 4.79 Å². The number of H-pyrrole nitrogens is 1. The predicted octanol–water partition coefficient (Wildman–Crippen LogP) is 6.29. The average molecular weight is 481 g/mol. The van der Waals surface area contributed by atoms with Gasteiger partial charge in [-0.3, -0.25) is 4.79 Å². The molecule has 0 bridgehead atoms. The van der Waals surface area contributed by atoms with Gasteiger partial charge in [0.15, 0.2) is 0 Å². The zero-order chi connectivity index (χ0) is 23.6. The standard InChI is InChI=1S/C27H24N6OS/c34-26-24-19(10-11-30-26)12-22(20-13-28-16-29-14-20)32-25(24)31-21-8-6-17(7-9-21)23-15-35-27(33-23)18-4-2-1-3-5-18/h6-16,18H,1-5H2,(H,30,34)(H,31,32). The number of nitrogens with zero attached hydrogens (tertiary/aromatic N) is 4. The summed E-state index contributed by atoms with van der Waals surface area (Å²) in [4.78, 5) is 33.3. The Kier molecular flexibility index (Phi) is 5.79. The topological polar surface area (TPSA) is 96.5 Å². The Morgan fingerprint density at radius 1 is 0.914 bits per heavy atom. The van der Waals surface area contributed by atoms with Crippen LogP contribution in [0.15, 0.2) is 71.5 Å². The van der Waals surface area contributed by atoms with Crippen molar-refractivity contribution in [2.75, 3.05) is 5.32 Å². The van der Waals surface area contributed by atoms with Crippen LogP contribution in [0.1, 0.15) is 43.0 Å². The smallest absolute Gasteiger partial charge is 0.259 e. The first-order valence-corrected chi connectivity index (χ1v) is 12.7. The molecule has 0 aliphatic heterocycles. The maximum Gasteiger partial charge on any atom is 0.259 e. The molecule has 1 fully saturated rings. The Labute approximate surface area is 206 Å². The van der Waals surface area contributed by atoms with E-state index in [1.165, 1.54) is 43.4 Å². The van der Waals surface area contributed by atoms with E-state index in [1.54, 1.807) is 29.9 Å². The summed E-state index contributed by atoms with van der Waals surface area (Å²) >= 11 is 1.78. The Balaban J connectivity index is 1.30. The predicted molar refractivity (Wildman–Crippen MR) is 140 cm³/mol. The Morgan fingerprint density at radius 3 is 2.51 bits per heavy atom. The molecule has 1 saturated carbocycles. The zero-order valence-electron chi connectivity index (χ0n) is 19.1. The van der Waals surface area contributed by atoms with Crippen LogP contribution < -0.4 is 10.9 Å². The molecule has 0 spiro atoms. The fraction of sp³-hybridized carbons (Fsp3) is 0.222. The van der Waals surface area contributed by atoms with Gasteiger partial charge in [-0.2, -0.15) is 0 Å². The van der Waals surface area contributed by atoms with Crippen molar-refractivity contribution in [3.63, 3.8) is 0 Å². The second kappa shape index (κ2) is 9.38. The van der Waals surface area contributed by atoms with E-state index in [4.69, 9.17) is 9.97 Å². The molecule has 0 saturated heterocycles. The Hall–Kier alpha value is -3.91. The normalized spacial score (nSPS) is 14.3. The van der Waals surface area contributed by atoms with Gasteiger partial charge in [0.25, 0.3) is 5.56 Å². The van der Waals surface area contributed by atoms with Gasteiger partial charge < -0.3 is 10.3 Å². The van der Waals surface area contributed by atoms with Gasteiger partial charge in [-0.25, -0.2) is 19.9 Å². The lowest BCUT2D eigenvalue weighted by Gasteiger charge is -2.18. The highest BCUT2D eigenvalue weighted by Gasteiger charge is 2.19. The molecule has 2 N–H and O–H groups in total. The van der Waals surface area contributed by atoms with Crippen LogP contribution in [0.5, 0.6) is 0 Å². The molecule has 174 valence electrons. The van der Waals surface area contributed by atoms with Gasteiger partial charge in [-0.05, 0) is 42.5 Å². The first kappa shape index (κ1) is 21.6. The molecular formula is C27H24N6OS. The highest BCUT2D eigenvalue weighted by molar-refractivity contribution is 7.10. The van der Waals surface area contributed by atoms with Crippen LogP contribution in [0.4, 0.5) is 11.5 Å². The molecule has 0 radical (unpaired) electrons. The molecule has 6 rings (SSSR count). The van der Waals surface area contributed by atoms with Crippen LogP contribution in [0, 0.1) is 0 Å². The fourth-order valence-electron chi connectivity index (χ4n) is 4.70. The number of fused-ring (bicyclic) bond motifs is 1. The van der Waals surface area contributed by atoms with Crippen molar-refractivity contribution in [3.05, 3.63) is 82.1 Å². The number of anilines is 2. The molecule has 0 unspecified atom stereocenters. The molecule has 1 aliphatic carbocycles. The molecule has 5 aromatic rings. The van der Waals surface area contributed by atoms with Gasteiger partial charge >= 0.3 is 0 Å². The number of aromatic nitrogens is 5. The van der Waals surface area contributed by atoms with Crippen LogP contribution in [-0.2, 0) is 0 Å². The Bertz CT molecular complexity index is 1520. The van der Waals surface area contributed by atoms with Gasteiger partial charge in [0.1, 0.15) is 12.1 Å². The molecule has 0 amide bonds. The first-order chi connectivity index (χ1) is 17.2. The molecule has 0 atom stereocenters. The van der Waals surface area contributed by atoms with E-state index in [0.717, 1.165) is 27.9 Å². The lowest BCUT2D eigenvalue weighted by Crippen LogP contribution is -2.09. The molecule has 8 heteroatoms. The molecule has 1 aliphatic rings. The fourth-order valence-corrected chi connectivity index (χ4v) is 5.70. The zero-order valence-corrected chi connectivity index (χ0v) is 19.9. The number of pyridine rings is 2. The SMILES string of the molecule is O=c1[nH]ccc2cc(-c3cncnc3)nc(Nc3ccc(-c4csc(C5CCCCC5)n4)cc3)c12. The van der Waals surface area contributed by atoms with Gasteiger partial charge in [0, 0.05) is 46.7 Å². The van der Waals surface area contributed by atoms with Crippen LogP contribution in [0.2, 0.25) is 0 Å². The maximum absolute atomic E-state index is 12.6. The monoisotopic (exact) mass is 480 g/mol. The number of nitrogens with one attached hydrogen (secondary N) is 2. The first-order valence-electron chi connectivity index (χ1n) is 11.9. The summed E-state index contributed by atoms with van der Waals surface area (Å²) in [5.41, 5.74) is 4.23. The van der Waals surface area contributed by atoms with Crippen LogP contribution in [-0.4, -0.2) is 24.9 Å². The summed E-state index contributed by atoms with van der Waals surface area (Å²) in [5.74, 6) is 1.10. The molecule has 7 nitrogen and oxygen atoms in total. The maximum atomic E-state index is 12.6. The third kappa shape index (κ3) is 4.44. The summed E-state index contributed by atoms with van der Waals surface area (Å²) in [6, 6.07) is 11.9. The van der Waals surface area contributed by atoms with Crippen molar-refractivity contribution in [2.24, 2.45) is 0 Å². The summed E-state index contributed by atoms with van der Waals surface area (Å²) in [5, 5.41) is 8.06. The van der Waals surface area contributed by atoms with Crippen molar-refractivity contribution >= 4 is 33.6 Å². The van der Waals surface area contributed by atoms with Crippen LogP contribution >= 0.6 is 11.3 Å².